The third-order valence-corrected chi connectivity index (χ3v) is 3.86. The van der Waals surface area contributed by atoms with Crippen molar-refractivity contribution >= 4 is 23.3 Å². The Morgan fingerprint density at radius 1 is 1.62 bits per heavy atom. The van der Waals surface area contributed by atoms with Gasteiger partial charge in [-0.25, -0.2) is 4.98 Å². The zero-order chi connectivity index (χ0) is 9.68. The molecule has 13 heavy (non-hydrogen) atoms. The lowest BCUT2D eigenvalue weighted by molar-refractivity contribution is 0.675. The molecule has 74 valence electrons. The normalized spacial score (nSPS) is 13.2. The van der Waals surface area contributed by atoms with E-state index in [9.17, 15) is 0 Å². The first-order valence-corrected chi connectivity index (χ1v) is 6.17. The maximum atomic E-state index is 5.52. The van der Waals surface area contributed by atoms with Crippen LogP contribution in [-0.4, -0.2) is 21.7 Å². The first-order valence-electron chi connectivity index (χ1n) is 4.41. The smallest absolute Gasteiger partial charge is 0.170 e. The van der Waals surface area contributed by atoms with Crippen LogP contribution in [0.3, 0.4) is 0 Å². The van der Waals surface area contributed by atoms with E-state index >= 15 is 0 Å². The summed E-state index contributed by atoms with van der Waals surface area (Å²) in [4.78, 5) is 4.36. The topological polar surface area (TPSA) is 51.8 Å². The summed E-state index contributed by atoms with van der Waals surface area (Å²) in [6, 6.07) is 0. The van der Waals surface area contributed by atoms with Gasteiger partial charge in [-0.3, -0.25) is 0 Å². The van der Waals surface area contributed by atoms with Crippen LogP contribution in [0.1, 0.15) is 19.7 Å². The van der Waals surface area contributed by atoms with Crippen molar-refractivity contribution in [2.75, 3.05) is 12.3 Å². The highest BCUT2D eigenvalue weighted by atomic mass is 32.2. The van der Waals surface area contributed by atoms with Crippen molar-refractivity contribution in [1.29, 1.82) is 0 Å². The van der Waals surface area contributed by atoms with Gasteiger partial charge in [0.25, 0.3) is 0 Å². The third kappa shape index (κ3) is 3.62. The van der Waals surface area contributed by atoms with Crippen LogP contribution in [0.5, 0.6) is 0 Å². The van der Waals surface area contributed by atoms with Gasteiger partial charge in [0.1, 0.15) is 5.82 Å². The van der Waals surface area contributed by atoms with Gasteiger partial charge in [0, 0.05) is 12.2 Å². The summed E-state index contributed by atoms with van der Waals surface area (Å²) in [6.07, 6.45) is 0.920. The molecule has 5 heteroatoms. The van der Waals surface area contributed by atoms with E-state index < -0.39 is 0 Å². The summed E-state index contributed by atoms with van der Waals surface area (Å²) < 4.78 is 5.28. The van der Waals surface area contributed by atoms with Gasteiger partial charge in [-0.05, 0) is 24.0 Å². The van der Waals surface area contributed by atoms with Gasteiger partial charge < -0.3 is 5.73 Å². The van der Waals surface area contributed by atoms with Gasteiger partial charge in [0.2, 0.25) is 0 Å². The second-order valence-corrected chi connectivity index (χ2v) is 5.00. The summed E-state index contributed by atoms with van der Waals surface area (Å²) in [7, 11) is 0. The zero-order valence-electron chi connectivity index (χ0n) is 7.99. The Hall–Kier alpha value is -0.130. The highest BCUT2D eigenvalue weighted by Gasteiger charge is 2.05. The molecule has 0 saturated carbocycles. The molecule has 0 aromatic carbocycles. The Labute approximate surface area is 87.3 Å². The van der Waals surface area contributed by atoms with Crippen LogP contribution >= 0.6 is 23.3 Å². The van der Waals surface area contributed by atoms with Crippen LogP contribution in [0.25, 0.3) is 0 Å². The zero-order valence-corrected chi connectivity index (χ0v) is 9.62. The van der Waals surface area contributed by atoms with Gasteiger partial charge in [0.15, 0.2) is 4.34 Å². The number of nitrogens with two attached hydrogens (primary N) is 1. The molecule has 0 aliphatic carbocycles. The number of hydrogen-bond acceptors (Lipinski definition) is 5. The first kappa shape index (κ1) is 10.9. The summed E-state index contributed by atoms with van der Waals surface area (Å²) >= 11 is 3.24. The molecule has 1 heterocycles. The van der Waals surface area contributed by atoms with Crippen molar-refractivity contribution < 1.29 is 0 Å². The van der Waals surface area contributed by atoms with Crippen LogP contribution in [0.15, 0.2) is 4.34 Å². The van der Waals surface area contributed by atoms with Crippen LogP contribution in [0.2, 0.25) is 0 Å². The van der Waals surface area contributed by atoms with E-state index in [1.54, 1.807) is 11.8 Å². The molecule has 0 amide bonds. The lowest BCUT2D eigenvalue weighted by Gasteiger charge is -2.04. The van der Waals surface area contributed by atoms with Crippen molar-refractivity contribution in [3.05, 3.63) is 5.82 Å². The van der Waals surface area contributed by atoms with Gasteiger partial charge in [-0.1, -0.05) is 25.6 Å². The molecule has 0 aliphatic heterocycles. The number of hydrogen-bond donors (Lipinski definition) is 1. The first-order chi connectivity index (χ1) is 6.26. The lowest BCUT2D eigenvalue weighted by Crippen LogP contribution is -2.12. The standard InChI is InChI=1S/C8H15N3S2/c1-3-7-10-8(13-11-7)12-5-6(2)4-9/h6H,3-5,9H2,1-2H3. The second-order valence-electron chi connectivity index (χ2n) is 2.98. The van der Waals surface area contributed by atoms with Crippen LogP contribution in [0.4, 0.5) is 0 Å². The van der Waals surface area contributed by atoms with E-state index in [0.29, 0.717) is 5.92 Å². The van der Waals surface area contributed by atoms with Crippen molar-refractivity contribution in [2.24, 2.45) is 11.7 Å². The average Bonchev–Trinajstić information content (AvgIpc) is 2.61. The molecule has 0 spiro atoms. The number of nitrogens with zero attached hydrogens (tertiary/aromatic N) is 2. The minimum Gasteiger partial charge on any atom is -0.330 e. The largest absolute Gasteiger partial charge is 0.330 e. The Bertz CT molecular complexity index is 249. The van der Waals surface area contributed by atoms with Gasteiger partial charge in [-0.15, -0.1) is 0 Å². The Morgan fingerprint density at radius 3 is 2.92 bits per heavy atom. The molecule has 0 radical (unpaired) electrons. The van der Waals surface area contributed by atoms with Crippen molar-refractivity contribution in [2.45, 2.75) is 24.6 Å². The molecule has 0 bridgehead atoms. The molecule has 1 aromatic heterocycles. The summed E-state index contributed by atoms with van der Waals surface area (Å²) in [5.74, 6) is 2.54. The summed E-state index contributed by atoms with van der Waals surface area (Å²) in [5.41, 5.74) is 5.52. The molecule has 1 unspecified atom stereocenters. The lowest BCUT2D eigenvalue weighted by atomic mass is 10.2. The molecule has 2 N–H and O–H groups in total. The number of rotatable bonds is 5. The molecule has 1 atom stereocenters. The summed E-state index contributed by atoms with van der Waals surface area (Å²) in [5, 5.41) is 0. The Kier molecular flexibility index (Phi) is 4.69. The van der Waals surface area contributed by atoms with E-state index in [4.69, 9.17) is 5.73 Å². The van der Waals surface area contributed by atoms with E-state index in [1.807, 2.05) is 0 Å². The molecule has 1 aromatic rings. The predicted octanol–water partition coefficient (Wildman–Crippen LogP) is 1.79. The monoisotopic (exact) mass is 217 g/mol. The predicted molar refractivity (Wildman–Crippen MR) is 58.2 cm³/mol. The second kappa shape index (κ2) is 5.57. The molecule has 0 aliphatic rings. The molecule has 0 fully saturated rings. The average molecular weight is 217 g/mol. The van der Waals surface area contributed by atoms with Gasteiger partial charge >= 0.3 is 0 Å². The van der Waals surface area contributed by atoms with Crippen molar-refractivity contribution in [3.8, 4) is 0 Å². The minimum absolute atomic E-state index is 0.555. The number of thioether (sulfide) groups is 1. The van der Waals surface area contributed by atoms with Crippen molar-refractivity contribution in [1.82, 2.24) is 9.36 Å². The number of aryl methyl sites for hydroxylation is 1. The third-order valence-electron chi connectivity index (χ3n) is 1.66. The molecule has 0 saturated heterocycles. The van der Waals surface area contributed by atoms with Crippen LogP contribution in [-0.2, 0) is 6.42 Å². The SMILES string of the molecule is CCc1nsc(SCC(C)CN)n1. The maximum Gasteiger partial charge on any atom is 0.170 e. The van der Waals surface area contributed by atoms with Crippen LogP contribution in [0, 0.1) is 5.92 Å². The maximum absolute atomic E-state index is 5.52. The number of aromatic nitrogens is 2. The molecule has 3 nitrogen and oxygen atoms in total. The molecular formula is C8H15N3S2. The highest BCUT2D eigenvalue weighted by molar-refractivity contribution is 8.00. The van der Waals surface area contributed by atoms with E-state index in [2.05, 4.69) is 23.2 Å². The quantitative estimate of drug-likeness (QED) is 0.764. The van der Waals surface area contributed by atoms with E-state index in [0.717, 1.165) is 28.9 Å². The highest BCUT2D eigenvalue weighted by Crippen LogP contribution is 2.22. The van der Waals surface area contributed by atoms with Crippen LogP contribution < -0.4 is 5.73 Å². The fourth-order valence-corrected chi connectivity index (χ4v) is 2.48. The van der Waals surface area contributed by atoms with E-state index in [-0.39, 0.29) is 0 Å². The summed E-state index contributed by atoms with van der Waals surface area (Å²) in [6.45, 7) is 4.96. The fourth-order valence-electron chi connectivity index (χ4n) is 0.722. The Morgan fingerprint density at radius 2 is 2.38 bits per heavy atom. The van der Waals surface area contributed by atoms with E-state index in [1.165, 1.54) is 11.5 Å². The minimum atomic E-state index is 0.555. The fraction of sp³-hybridized carbons (Fsp3) is 0.750. The van der Waals surface area contributed by atoms with Gasteiger partial charge in [0.05, 0.1) is 0 Å². The van der Waals surface area contributed by atoms with Gasteiger partial charge in [-0.2, -0.15) is 4.37 Å². The molecular weight excluding hydrogens is 202 g/mol. The Balaban J connectivity index is 2.36. The molecule has 1 rings (SSSR count). The van der Waals surface area contributed by atoms with Crippen molar-refractivity contribution in [3.63, 3.8) is 0 Å².